The average Bonchev–Trinajstić information content (AvgIpc) is 2.69. The maximum Gasteiger partial charge on any atom is 0.132 e. The van der Waals surface area contributed by atoms with Gasteiger partial charge in [-0.2, -0.15) is 0 Å². The summed E-state index contributed by atoms with van der Waals surface area (Å²) in [6.45, 7) is 4.62. The summed E-state index contributed by atoms with van der Waals surface area (Å²) < 4.78 is 0. The van der Waals surface area contributed by atoms with Crippen molar-refractivity contribution in [2.45, 2.75) is 26.3 Å². The fourth-order valence-electron chi connectivity index (χ4n) is 2.14. The lowest BCUT2D eigenvalue weighted by atomic mass is 10.1. The molecule has 0 aliphatic carbocycles. The van der Waals surface area contributed by atoms with Gasteiger partial charge >= 0.3 is 0 Å². The van der Waals surface area contributed by atoms with Gasteiger partial charge in [-0.25, -0.2) is 4.98 Å². The molecule has 2 rings (SSSR count). The molecule has 0 bridgehead atoms. The molecular formula is C12H12N2O4-2. The number of hydrogen-bond donors (Lipinski definition) is 0. The summed E-state index contributed by atoms with van der Waals surface area (Å²) in [6.07, 6.45) is 0.647. The number of aromatic carboxylic acids is 2. The van der Waals surface area contributed by atoms with E-state index in [0.717, 1.165) is 5.56 Å². The molecule has 0 aromatic carbocycles. The van der Waals surface area contributed by atoms with Crippen molar-refractivity contribution in [3.8, 4) is 0 Å². The Morgan fingerprint density at radius 1 is 1.33 bits per heavy atom. The van der Waals surface area contributed by atoms with Gasteiger partial charge in [-0.15, -0.1) is 0 Å². The number of carboxylic acids is 2. The second-order valence-electron chi connectivity index (χ2n) is 4.48. The third kappa shape index (κ3) is 1.90. The molecule has 18 heavy (non-hydrogen) atoms. The van der Waals surface area contributed by atoms with Crippen LogP contribution in [0.4, 0.5) is 5.82 Å². The number of aromatic nitrogens is 1. The molecule has 1 aromatic heterocycles. The van der Waals surface area contributed by atoms with Crippen LogP contribution in [0, 0.1) is 0 Å². The first kappa shape index (κ1) is 12.3. The zero-order valence-corrected chi connectivity index (χ0v) is 10.1. The number of nitrogens with zero attached hydrogens (tertiary/aromatic N) is 2. The molecule has 0 fully saturated rings. The molecule has 6 heteroatoms. The standard InChI is InChI=1S/C12H14N2O4/c1-6(2)14-4-3-7-5-8(11(15)16)9(12(17)18)13-10(7)14/h5-6H,3-4H2,1-2H3,(H,15,16)(H,17,18)/p-2. The summed E-state index contributed by atoms with van der Waals surface area (Å²) in [4.78, 5) is 27.7. The van der Waals surface area contributed by atoms with Crippen molar-refractivity contribution in [1.82, 2.24) is 4.98 Å². The Hall–Kier alpha value is -2.11. The number of fused-ring (bicyclic) bond motifs is 1. The third-order valence-corrected chi connectivity index (χ3v) is 3.01. The van der Waals surface area contributed by atoms with Crippen molar-refractivity contribution in [1.29, 1.82) is 0 Å². The zero-order chi connectivity index (χ0) is 13.4. The highest BCUT2D eigenvalue weighted by Crippen LogP contribution is 2.29. The molecule has 0 saturated heterocycles. The molecule has 0 atom stereocenters. The van der Waals surface area contributed by atoms with Crippen molar-refractivity contribution in [3.63, 3.8) is 0 Å². The highest BCUT2D eigenvalue weighted by molar-refractivity contribution is 5.99. The van der Waals surface area contributed by atoms with Crippen LogP contribution in [0.3, 0.4) is 0 Å². The Morgan fingerprint density at radius 3 is 2.50 bits per heavy atom. The first-order valence-corrected chi connectivity index (χ1v) is 5.65. The molecule has 0 N–H and O–H groups in total. The molecule has 1 aliphatic heterocycles. The van der Waals surface area contributed by atoms with Gasteiger partial charge in [0.15, 0.2) is 0 Å². The van der Waals surface area contributed by atoms with E-state index in [1.54, 1.807) is 0 Å². The first-order valence-electron chi connectivity index (χ1n) is 5.65. The minimum atomic E-state index is -1.60. The zero-order valence-electron chi connectivity index (χ0n) is 10.1. The highest BCUT2D eigenvalue weighted by Gasteiger charge is 2.25. The molecule has 0 spiro atoms. The second-order valence-corrected chi connectivity index (χ2v) is 4.48. The fraction of sp³-hybridized carbons (Fsp3) is 0.417. The van der Waals surface area contributed by atoms with Gasteiger partial charge in [0, 0.05) is 18.2 Å². The van der Waals surface area contributed by atoms with E-state index in [4.69, 9.17) is 0 Å². The molecular weight excluding hydrogens is 236 g/mol. The van der Waals surface area contributed by atoms with Gasteiger partial charge in [0.25, 0.3) is 0 Å². The molecule has 96 valence electrons. The van der Waals surface area contributed by atoms with Crippen molar-refractivity contribution in [2.75, 3.05) is 11.4 Å². The molecule has 0 unspecified atom stereocenters. The van der Waals surface area contributed by atoms with E-state index in [1.165, 1.54) is 6.07 Å². The van der Waals surface area contributed by atoms with Crippen LogP contribution in [0.15, 0.2) is 6.07 Å². The van der Waals surface area contributed by atoms with Crippen molar-refractivity contribution in [3.05, 3.63) is 22.9 Å². The first-order chi connectivity index (χ1) is 8.41. The van der Waals surface area contributed by atoms with Crippen LogP contribution in [0.5, 0.6) is 0 Å². The normalized spacial score (nSPS) is 13.8. The van der Waals surface area contributed by atoms with E-state index in [0.29, 0.717) is 18.8 Å². The fourth-order valence-corrected chi connectivity index (χ4v) is 2.14. The predicted octanol–water partition coefficient (Wildman–Crippen LogP) is -1.42. The smallest absolute Gasteiger partial charge is 0.132 e. The minimum Gasteiger partial charge on any atom is -0.545 e. The number of anilines is 1. The summed E-state index contributed by atoms with van der Waals surface area (Å²) in [7, 11) is 0. The topological polar surface area (TPSA) is 96.4 Å². The maximum absolute atomic E-state index is 10.9. The molecule has 2 heterocycles. The Morgan fingerprint density at radius 2 is 2.00 bits per heavy atom. The largest absolute Gasteiger partial charge is 0.545 e. The number of rotatable bonds is 3. The molecule has 1 aliphatic rings. The molecule has 6 nitrogen and oxygen atoms in total. The van der Waals surface area contributed by atoms with Crippen LogP contribution >= 0.6 is 0 Å². The monoisotopic (exact) mass is 248 g/mol. The van der Waals surface area contributed by atoms with E-state index < -0.39 is 23.2 Å². The summed E-state index contributed by atoms with van der Waals surface area (Å²) in [5.41, 5.74) is -0.256. The lowest BCUT2D eigenvalue weighted by Gasteiger charge is -2.24. The van der Waals surface area contributed by atoms with Gasteiger partial charge in [-0.3, -0.25) is 0 Å². The summed E-state index contributed by atoms with van der Waals surface area (Å²) in [5, 5.41) is 21.8. The third-order valence-electron chi connectivity index (χ3n) is 3.01. The number of hydrogen-bond acceptors (Lipinski definition) is 6. The van der Waals surface area contributed by atoms with Gasteiger partial charge in [0.05, 0.1) is 17.6 Å². The lowest BCUT2D eigenvalue weighted by molar-refractivity contribution is -0.260. The van der Waals surface area contributed by atoms with Crippen LogP contribution in [-0.2, 0) is 6.42 Å². The molecule has 1 aromatic rings. The molecule has 0 amide bonds. The maximum atomic E-state index is 10.9. The highest BCUT2D eigenvalue weighted by atomic mass is 16.4. The van der Waals surface area contributed by atoms with E-state index in [2.05, 4.69) is 4.98 Å². The number of carbonyl (C=O) groups excluding carboxylic acids is 2. The van der Waals surface area contributed by atoms with Gasteiger partial charge in [-0.05, 0) is 31.9 Å². The number of carbonyl (C=O) groups is 2. The quantitative estimate of drug-likeness (QED) is 0.651. The van der Waals surface area contributed by atoms with Crippen LogP contribution in [0.1, 0.15) is 40.3 Å². The summed E-state index contributed by atoms with van der Waals surface area (Å²) in [5.74, 6) is -2.63. The van der Waals surface area contributed by atoms with Crippen molar-refractivity contribution >= 4 is 17.8 Å². The SMILES string of the molecule is CC(C)N1CCc2cc(C(=O)[O-])c(C(=O)[O-])nc21. The number of pyridine rings is 1. The van der Waals surface area contributed by atoms with Gasteiger partial charge in [-0.1, -0.05) is 0 Å². The minimum absolute atomic E-state index is 0.169. The van der Waals surface area contributed by atoms with E-state index in [-0.39, 0.29) is 6.04 Å². The van der Waals surface area contributed by atoms with Crippen molar-refractivity contribution < 1.29 is 19.8 Å². The van der Waals surface area contributed by atoms with Crippen LogP contribution in [0.2, 0.25) is 0 Å². The Balaban J connectivity index is 2.58. The summed E-state index contributed by atoms with van der Waals surface area (Å²) in [6, 6.07) is 1.49. The Bertz CT molecular complexity index is 525. The van der Waals surface area contributed by atoms with Gasteiger partial charge in [0.2, 0.25) is 0 Å². The van der Waals surface area contributed by atoms with E-state index in [1.807, 2.05) is 18.7 Å². The Kier molecular flexibility index (Phi) is 2.94. The van der Waals surface area contributed by atoms with Crippen LogP contribution < -0.4 is 15.1 Å². The lowest BCUT2D eigenvalue weighted by Crippen LogP contribution is -2.33. The van der Waals surface area contributed by atoms with E-state index in [9.17, 15) is 19.8 Å². The average molecular weight is 248 g/mol. The Labute approximate surface area is 104 Å². The molecule has 0 radical (unpaired) electrons. The van der Waals surface area contributed by atoms with Crippen LogP contribution in [0.25, 0.3) is 0 Å². The molecule has 0 saturated carbocycles. The van der Waals surface area contributed by atoms with Gasteiger partial charge < -0.3 is 24.7 Å². The predicted molar refractivity (Wildman–Crippen MR) is 59.1 cm³/mol. The van der Waals surface area contributed by atoms with Gasteiger partial charge in [0.1, 0.15) is 5.82 Å². The van der Waals surface area contributed by atoms with Crippen LogP contribution in [-0.4, -0.2) is 29.5 Å². The number of carboxylic acid groups (broad SMARTS) is 2. The summed E-state index contributed by atoms with van der Waals surface area (Å²) >= 11 is 0. The second kappa shape index (κ2) is 4.29. The van der Waals surface area contributed by atoms with Crippen molar-refractivity contribution in [2.24, 2.45) is 0 Å². The van der Waals surface area contributed by atoms with E-state index >= 15 is 0 Å².